The van der Waals surface area contributed by atoms with Crippen molar-refractivity contribution in [2.45, 2.75) is 0 Å². The summed E-state index contributed by atoms with van der Waals surface area (Å²) in [5.41, 5.74) is 0.993. The SMILES string of the molecule is Clc1coc2[c]ccc-2c1. The molecule has 1 radical (unpaired) electrons. The number of hydrogen-bond acceptors (Lipinski definition) is 1. The summed E-state index contributed by atoms with van der Waals surface area (Å²) in [5.74, 6) is 0.754. The van der Waals surface area contributed by atoms with Crippen LogP contribution in [-0.2, 0) is 0 Å². The molecule has 2 aliphatic rings. The van der Waals surface area contributed by atoms with Crippen molar-refractivity contribution in [2.75, 3.05) is 0 Å². The molecule has 10 heavy (non-hydrogen) atoms. The van der Waals surface area contributed by atoms with Gasteiger partial charge in [-0.1, -0.05) is 17.7 Å². The zero-order valence-corrected chi connectivity index (χ0v) is 5.85. The fraction of sp³-hybridized carbons (Fsp3) is 0. The molecular formula is C8H4ClO. The van der Waals surface area contributed by atoms with E-state index in [0.717, 1.165) is 11.3 Å². The Kier molecular flexibility index (Phi) is 1.18. The fourth-order valence-electron chi connectivity index (χ4n) is 0.880. The van der Waals surface area contributed by atoms with E-state index in [9.17, 15) is 0 Å². The summed E-state index contributed by atoms with van der Waals surface area (Å²) in [6.45, 7) is 0. The van der Waals surface area contributed by atoms with Crippen LogP contribution in [0.3, 0.4) is 0 Å². The van der Waals surface area contributed by atoms with Crippen LogP contribution in [0.1, 0.15) is 0 Å². The highest BCUT2D eigenvalue weighted by Gasteiger charge is 2.03. The number of halogens is 1. The first-order valence-corrected chi connectivity index (χ1v) is 3.28. The summed E-state index contributed by atoms with van der Waals surface area (Å²) >= 11 is 5.67. The average Bonchev–Trinajstić information content (AvgIpc) is 2.33. The molecule has 2 rings (SSSR count). The van der Waals surface area contributed by atoms with Gasteiger partial charge in [-0.2, -0.15) is 0 Å². The van der Waals surface area contributed by atoms with E-state index in [4.69, 9.17) is 16.0 Å². The van der Waals surface area contributed by atoms with Gasteiger partial charge >= 0.3 is 0 Å². The van der Waals surface area contributed by atoms with E-state index in [0.29, 0.717) is 5.02 Å². The summed E-state index contributed by atoms with van der Waals surface area (Å²) in [7, 11) is 0. The lowest BCUT2D eigenvalue weighted by Gasteiger charge is -1.95. The Balaban J connectivity index is 2.75. The zero-order chi connectivity index (χ0) is 6.97. The van der Waals surface area contributed by atoms with Crippen molar-refractivity contribution < 1.29 is 4.42 Å². The second kappa shape index (κ2) is 2.03. The van der Waals surface area contributed by atoms with Gasteiger partial charge in [0.1, 0.15) is 12.0 Å². The molecule has 0 amide bonds. The van der Waals surface area contributed by atoms with Crippen molar-refractivity contribution in [3.63, 3.8) is 0 Å². The number of rotatable bonds is 0. The third-order valence-corrected chi connectivity index (χ3v) is 1.52. The highest BCUT2D eigenvalue weighted by Crippen LogP contribution is 2.25. The second-order valence-electron chi connectivity index (χ2n) is 2.03. The number of fused-ring (bicyclic) bond motifs is 1. The predicted molar refractivity (Wildman–Crippen MR) is 39.2 cm³/mol. The van der Waals surface area contributed by atoms with Crippen LogP contribution in [0.15, 0.2) is 28.9 Å². The van der Waals surface area contributed by atoms with E-state index in [1.165, 1.54) is 6.26 Å². The van der Waals surface area contributed by atoms with Crippen molar-refractivity contribution in [3.8, 4) is 11.3 Å². The summed E-state index contributed by atoms with van der Waals surface area (Å²) in [4.78, 5) is 0. The van der Waals surface area contributed by atoms with E-state index >= 15 is 0 Å². The summed E-state index contributed by atoms with van der Waals surface area (Å²) in [5, 5.41) is 0.618. The molecule has 0 saturated carbocycles. The van der Waals surface area contributed by atoms with Crippen molar-refractivity contribution in [1.29, 1.82) is 0 Å². The second-order valence-corrected chi connectivity index (χ2v) is 2.46. The average molecular weight is 152 g/mol. The van der Waals surface area contributed by atoms with Gasteiger partial charge in [-0.05, 0) is 12.1 Å². The Labute approximate surface area is 63.6 Å². The molecule has 0 aromatic heterocycles. The van der Waals surface area contributed by atoms with Gasteiger partial charge in [0.05, 0.1) is 5.02 Å². The Morgan fingerprint density at radius 3 is 3.30 bits per heavy atom. The van der Waals surface area contributed by atoms with E-state index in [1.54, 1.807) is 0 Å². The molecule has 0 atom stereocenters. The summed E-state index contributed by atoms with van der Waals surface area (Å²) < 4.78 is 5.09. The largest absolute Gasteiger partial charge is 0.462 e. The minimum Gasteiger partial charge on any atom is -0.462 e. The van der Waals surface area contributed by atoms with E-state index < -0.39 is 0 Å². The maximum atomic E-state index is 5.67. The lowest BCUT2D eigenvalue weighted by atomic mass is 10.3. The third kappa shape index (κ3) is 0.792. The van der Waals surface area contributed by atoms with Gasteiger partial charge in [0.2, 0.25) is 0 Å². The molecule has 0 aromatic carbocycles. The van der Waals surface area contributed by atoms with Gasteiger partial charge in [0.25, 0.3) is 0 Å². The minimum absolute atomic E-state index is 0.618. The molecule has 0 aromatic rings. The lowest BCUT2D eigenvalue weighted by molar-refractivity contribution is 0.566. The van der Waals surface area contributed by atoms with Crippen LogP contribution in [0, 0.1) is 6.07 Å². The quantitative estimate of drug-likeness (QED) is 0.564. The Hall–Kier alpha value is -0.950. The van der Waals surface area contributed by atoms with Crippen molar-refractivity contribution >= 4 is 11.6 Å². The smallest absolute Gasteiger partial charge is 0.141 e. The van der Waals surface area contributed by atoms with Gasteiger partial charge < -0.3 is 4.42 Å². The maximum absolute atomic E-state index is 5.67. The van der Waals surface area contributed by atoms with Crippen LogP contribution < -0.4 is 0 Å². The molecule has 49 valence electrons. The van der Waals surface area contributed by atoms with Crippen molar-refractivity contribution in [2.24, 2.45) is 0 Å². The summed E-state index contributed by atoms with van der Waals surface area (Å²) in [6.07, 6.45) is 1.50. The molecule has 0 fully saturated rings. The van der Waals surface area contributed by atoms with Crippen LogP contribution in [0.25, 0.3) is 11.3 Å². The van der Waals surface area contributed by atoms with Crippen molar-refractivity contribution in [1.82, 2.24) is 0 Å². The lowest BCUT2D eigenvalue weighted by Crippen LogP contribution is -1.70. The first-order valence-electron chi connectivity index (χ1n) is 2.91. The molecule has 1 aliphatic carbocycles. The molecule has 0 spiro atoms. The molecule has 1 heterocycles. The Morgan fingerprint density at radius 1 is 1.50 bits per heavy atom. The zero-order valence-electron chi connectivity index (χ0n) is 5.10. The van der Waals surface area contributed by atoms with E-state index in [2.05, 4.69) is 6.07 Å². The van der Waals surface area contributed by atoms with E-state index in [-0.39, 0.29) is 0 Å². The monoisotopic (exact) mass is 151 g/mol. The molecule has 1 aliphatic heterocycles. The minimum atomic E-state index is 0.618. The molecular weight excluding hydrogens is 148 g/mol. The first kappa shape index (κ1) is 5.81. The number of hydrogen-bond donors (Lipinski definition) is 0. The molecule has 0 saturated heterocycles. The highest BCUT2D eigenvalue weighted by atomic mass is 35.5. The highest BCUT2D eigenvalue weighted by molar-refractivity contribution is 6.30. The Morgan fingerprint density at radius 2 is 2.40 bits per heavy atom. The molecule has 0 unspecified atom stereocenters. The summed E-state index contributed by atoms with van der Waals surface area (Å²) in [6, 6.07) is 8.48. The van der Waals surface area contributed by atoms with Crippen LogP contribution in [0.5, 0.6) is 0 Å². The standard InChI is InChI=1S/C8H4ClO/c9-7-4-6-2-1-3-8(6)10-5-7/h1-2,4-5H. The van der Waals surface area contributed by atoms with Crippen LogP contribution in [-0.4, -0.2) is 0 Å². The first-order chi connectivity index (χ1) is 4.86. The molecule has 1 nitrogen and oxygen atoms in total. The molecule has 2 heteroatoms. The van der Waals surface area contributed by atoms with Crippen molar-refractivity contribution in [3.05, 3.63) is 35.6 Å². The molecule has 0 N–H and O–H groups in total. The Bertz CT molecular complexity index is 313. The molecule has 0 bridgehead atoms. The third-order valence-electron chi connectivity index (χ3n) is 1.32. The van der Waals surface area contributed by atoms with Gasteiger partial charge in [-0.3, -0.25) is 0 Å². The topological polar surface area (TPSA) is 13.1 Å². The normalized spacial score (nSPS) is 10.5. The van der Waals surface area contributed by atoms with Gasteiger partial charge in [0.15, 0.2) is 0 Å². The fourth-order valence-corrected chi connectivity index (χ4v) is 1.04. The van der Waals surface area contributed by atoms with Gasteiger partial charge in [-0.15, -0.1) is 0 Å². The van der Waals surface area contributed by atoms with E-state index in [1.807, 2.05) is 18.2 Å². The predicted octanol–water partition coefficient (Wildman–Crippen LogP) is 2.84. The van der Waals surface area contributed by atoms with Gasteiger partial charge in [0, 0.05) is 11.6 Å². The van der Waals surface area contributed by atoms with Crippen LogP contribution in [0.2, 0.25) is 5.02 Å². The van der Waals surface area contributed by atoms with Gasteiger partial charge in [-0.25, -0.2) is 0 Å². The van der Waals surface area contributed by atoms with Crippen LogP contribution >= 0.6 is 11.6 Å². The van der Waals surface area contributed by atoms with Crippen LogP contribution in [0.4, 0.5) is 0 Å². The maximum Gasteiger partial charge on any atom is 0.141 e.